The third-order valence-electron chi connectivity index (χ3n) is 3.06. The Balaban J connectivity index is 2.37. The van der Waals surface area contributed by atoms with Crippen molar-refractivity contribution in [1.29, 1.82) is 0 Å². The van der Waals surface area contributed by atoms with Gasteiger partial charge in [0.25, 0.3) is 0 Å². The van der Waals surface area contributed by atoms with Crippen LogP contribution in [0.1, 0.15) is 27.2 Å². The molecule has 2 N–H and O–H groups in total. The van der Waals surface area contributed by atoms with E-state index in [0.29, 0.717) is 13.0 Å². The number of sulfonamides is 1. The maximum Gasteiger partial charge on any atom is 0.213 e. The van der Waals surface area contributed by atoms with E-state index in [0.717, 1.165) is 0 Å². The van der Waals surface area contributed by atoms with Gasteiger partial charge < -0.3 is 14.6 Å². The lowest BCUT2D eigenvalue weighted by Crippen LogP contribution is -2.48. The van der Waals surface area contributed by atoms with Gasteiger partial charge in [0.15, 0.2) is 0 Å². The molecule has 1 rings (SSSR count). The zero-order chi connectivity index (χ0) is 13.8. The van der Waals surface area contributed by atoms with E-state index in [2.05, 4.69) is 4.72 Å². The molecule has 1 fully saturated rings. The minimum absolute atomic E-state index is 0.00707. The van der Waals surface area contributed by atoms with Crippen LogP contribution in [0, 0.1) is 0 Å². The molecular weight excluding hydrogens is 258 g/mol. The van der Waals surface area contributed by atoms with Gasteiger partial charge in [-0.3, -0.25) is 0 Å². The first-order chi connectivity index (χ1) is 8.25. The predicted molar refractivity (Wildman–Crippen MR) is 67.9 cm³/mol. The van der Waals surface area contributed by atoms with Gasteiger partial charge in [0.1, 0.15) is 5.60 Å². The maximum absolute atomic E-state index is 11.7. The fourth-order valence-electron chi connectivity index (χ4n) is 1.70. The van der Waals surface area contributed by atoms with Crippen LogP contribution >= 0.6 is 0 Å². The van der Waals surface area contributed by atoms with Crippen LogP contribution in [-0.2, 0) is 19.5 Å². The van der Waals surface area contributed by atoms with Crippen molar-refractivity contribution in [3.63, 3.8) is 0 Å². The highest BCUT2D eigenvalue weighted by Crippen LogP contribution is 2.24. The van der Waals surface area contributed by atoms with Crippen molar-refractivity contribution in [3.05, 3.63) is 0 Å². The smallest absolute Gasteiger partial charge is 0.213 e. The second-order valence-electron chi connectivity index (χ2n) is 4.93. The molecule has 1 aliphatic heterocycles. The lowest BCUT2D eigenvalue weighted by Gasteiger charge is -2.26. The standard InChI is InChI=1S/C11H23NO5S/c1-9(2)16-6-7-18(14,15)12-8-11(13)4-5-17-10(11)3/h9-10,12-13H,4-8H2,1-3H3. The van der Waals surface area contributed by atoms with Crippen LogP contribution in [0.5, 0.6) is 0 Å². The summed E-state index contributed by atoms with van der Waals surface area (Å²) in [5.74, 6) is -0.101. The van der Waals surface area contributed by atoms with Crippen molar-refractivity contribution in [2.45, 2.75) is 45.0 Å². The largest absolute Gasteiger partial charge is 0.386 e. The summed E-state index contributed by atoms with van der Waals surface area (Å²) in [7, 11) is -3.42. The van der Waals surface area contributed by atoms with Crippen molar-refractivity contribution in [1.82, 2.24) is 4.72 Å². The number of nitrogens with one attached hydrogen (secondary N) is 1. The Kier molecular flexibility index (Phi) is 5.54. The van der Waals surface area contributed by atoms with Gasteiger partial charge in [0.05, 0.1) is 24.6 Å². The first-order valence-electron chi connectivity index (χ1n) is 6.18. The molecule has 6 nitrogen and oxygen atoms in total. The van der Waals surface area contributed by atoms with Crippen LogP contribution < -0.4 is 4.72 Å². The Morgan fingerprint density at radius 2 is 2.22 bits per heavy atom. The van der Waals surface area contributed by atoms with Crippen molar-refractivity contribution >= 4 is 10.0 Å². The molecular formula is C11H23NO5S. The fraction of sp³-hybridized carbons (Fsp3) is 1.00. The van der Waals surface area contributed by atoms with Gasteiger partial charge in [-0.2, -0.15) is 0 Å². The fourth-order valence-corrected chi connectivity index (χ4v) is 2.63. The van der Waals surface area contributed by atoms with Gasteiger partial charge in [0.2, 0.25) is 10.0 Å². The third kappa shape index (κ3) is 4.81. The Labute approximate surface area is 109 Å². The van der Waals surface area contributed by atoms with Crippen molar-refractivity contribution in [3.8, 4) is 0 Å². The Bertz CT molecular complexity index is 356. The summed E-state index contributed by atoms with van der Waals surface area (Å²) in [5, 5.41) is 10.2. The molecule has 0 aliphatic carbocycles. The molecule has 2 atom stereocenters. The van der Waals surface area contributed by atoms with E-state index in [1.165, 1.54) is 0 Å². The summed E-state index contributed by atoms with van der Waals surface area (Å²) < 4.78 is 36.2. The molecule has 1 aliphatic rings. The van der Waals surface area contributed by atoms with Crippen LogP contribution in [0.2, 0.25) is 0 Å². The predicted octanol–water partition coefficient (Wildman–Crippen LogP) is -0.129. The highest BCUT2D eigenvalue weighted by Gasteiger charge is 2.40. The summed E-state index contributed by atoms with van der Waals surface area (Å²) in [4.78, 5) is 0. The maximum atomic E-state index is 11.7. The molecule has 0 amide bonds. The quantitative estimate of drug-likeness (QED) is 0.679. The number of hydrogen-bond donors (Lipinski definition) is 2. The molecule has 0 aromatic carbocycles. The molecule has 108 valence electrons. The van der Waals surface area contributed by atoms with Crippen LogP contribution in [0.3, 0.4) is 0 Å². The molecule has 0 aromatic heterocycles. The van der Waals surface area contributed by atoms with Gasteiger partial charge in [0, 0.05) is 19.6 Å². The minimum atomic E-state index is -3.42. The van der Waals surface area contributed by atoms with Gasteiger partial charge in [-0.25, -0.2) is 13.1 Å². The van der Waals surface area contributed by atoms with Gasteiger partial charge in [-0.1, -0.05) is 0 Å². The monoisotopic (exact) mass is 281 g/mol. The second kappa shape index (κ2) is 6.29. The lowest BCUT2D eigenvalue weighted by molar-refractivity contribution is -0.0228. The van der Waals surface area contributed by atoms with E-state index in [1.807, 2.05) is 13.8 Å². The summed E-state index contributed by atoms with van der Waals surface area (Å²) >= 11 is 0. The highest BCUT2D eigenvalue weighted by molar-refractivity contribution is 7.89. The van der Waals surface area contributed by atoms with Crippen molar-refractivity contribution in [2.24, 2.45) is 0 Å². The highest BCUT2D eigenvalue weighted by atomic mass is 32.2. The van der Waals surface area contributed by atoms with E-state index >= 15 is 0 Å². The molecule has 1 heterocycles. The van der Waals surface area contributed by atoms with Crippen LogP contribution in [0.25, 0.3) is 0 Å². The Morgan fingerprint density at radius 3 is 2.72 bits per heavy atom. The van der Waals surface area contributed by atoms with Crippen LogP contribution in [0.4, 0.5) is 0 Å². The van der Waals surface area contributed by atoms with Gasteiger partial charge in [-0.05, 0) is 20.8 Å². The van der Waals surface area contributed by atoms with E-state index < -0.39 is 15.6 Å². The van der Waals surface area contributed by atoms with E-state index in [1.54, 1.807) is 6.92 Å². The molecule has 18 heavy (non-hydrogen) atoms. The molecule has 0 saturated carbocycles. The molecule has 0 bridgehead atoms. The second-order valence-corrected chi connectivity index (χ2v) is 6.85. The normalized spacial score (nSPS) is 29.1. The summed E-state index contributed by atoms with van der Waals surface area (Å²) in [5.41, 5.74) is -1.11. The topological polar surface area (TPSA) is 84.9 Å². The summed E-state index contributed by atoms with van der Waals surface area (Å²) in [6.45, 7) is 6.02. The Hall–Kier alpha value is -0.210. The van der Waals surface area contributed by atoms with Crippen molar-refractivity contribution < 1.29 is 23.0 Å². The number of hydrogen-bond acceptors (Lipinski definition) is 5. The van der Waals surface area contributed by atoms with E-state index in [4.69, 9.17) is 9.47 Å². The zero-order valence-electron chi connectivity index (χ0n) is 11.2. The zero-order valence-corrected chi connectivity index (χ0v) is 12.0. The van der Waals surface area contributed by atoms with Crippen molar-refractivity contribution in [2.75, 3.05) is 25.5 Å². The van der Waals surface area contributed by atoms with Gasteiger partial charge in [-0.15, -0.1) is 0 Å². The molecule has 0 spiro atoms. The SMILES string of the molecule is CC(C)OCCS(=O)(=O)NCC1(O)CCOC1C. The molecule has 0 radical (unpaired) electrons. The van der Waals surface area contributed by atoms with E-state index in [-0.39, 0.29) is 31.1 Å². The first-order valence-corrected chi connectivity index (χ1v) is 7.83. The summed E-state index contributed by atoms with van der Waals surface area (Å²) in [6, 6.07) is 0. The lowest BCUT2D eigenvalue weighted by atomic mass is 9.97. The average Bonchev–Trinajstić information content (AvgIpc) is 2.57. The average molecular weight is 281 g/mol. The number of rotatable bonds is 7. The number of ether oxygens (including phenoxy) is 2. The molecule has 2 unspecified atom stereocenters. The molecule has 0 aromatic rings. The number of aliphatic hydroxyl groups is 1. The minimum Gasteiger partial charge on any atom is -0.386 e. The van der Waals surface area contributed by atoms with Crippen LogP contribution in [-0.4, -0.2) is 56.8 Å². The van der Waals surface area contributed by atoms with Gasteiger partial charge >= 0.3 is 0 Å². The van der Waals surface area contributed by atoms with E-state index in [9.17, 15) is 13.5 Å². The molecule has 7 heteroatoms. The van der Waals surface area contributed by atoms with Crippen LogP contribution in [0.15, 0.2) is 0 Å². The Morgan fingerprint density at radius 1 is 1.56 bits per heavy atom. The summed E-state index contributed by atoms with van der Waals surface area (Å²) in [6.07, 6.45) is 0.0962. The molecule has 1 saturated heterocycles. The third-order valence-corrected chi connectivity index (χ3v) is 4.35. The first kappa shape index (κ1) is 15.8.